The number of carbonyl (C=O) groups excluding carboxylic acids is 2. The lowest BCUT2D eigenvalue weighted by Crippen LogP contribution is -2.27. The van der Waals surface area contributed by atoms with E-state index in [2.05, 4.69) is 4.74 Å². The molecule has 0 bridgehead atoms. The maximum Gasteiger partial charge on any atom is 0.310 e. The summed E-state index contributed by atoms with van der Waals surface area (Å²) in [6.07, 6.45) is -0.0584. The molecule has 20 heavy (non-hydrogen) atoms. The first-order valence-electron chi connectivity index (χ1n) is 5.91. The number of carbonyl (C=O) groups is 2. The number of benzene rings is 1. The van der Waals surface area contributed by atoms with Gasteiger partial charge in [-0.2, -0.15) is 0 Å². The smallest absolute Gasteiger partial charge is 0.310 e. The normalized spacial score (nSPS) is 18.5. The van der Waals surface area contributed by atoms with Crippen LogP contribution in [-0.4, -0.2) is 30.4 Å². The minimum atomic E-state index is -1.06. The molecule has 7 heteroatoms. The topological polar surface area (TPSA) is 46.6 Å². The number of esters is 1. The van der Waals surface area contributed by atoms with E-state index in [4.69, 9.17) is 0 Å². The maximum atomic E-state index is 13.5. The third-order valence-electron chi connectivity index (χ3n) is 3.20. The molecule has 1 atom stereocenters. The van der Waals surface area contributed by atoms with Crippen LogP contribution in [0, 0.1) is 23.4 Å². The average Bonchev–Trinajstić information content (AvgIpc) is 2.74. The van der Waals surface area contributed by atoms with E-state index in [1.165, 1.54) is 7.11 Å². The predicted octanol–water partition coefficient (Wildman–Crippen LogP) is 1.63. The molecular formula is C13H12F3NO3. The van der Waals surface area contributed by atoms with Crippen molar-refractivity contribution in [1.29, 1.82) is 0 Å². The lowest BCUT2D eigenvalue weighted by Gasteiger charge is -2.17. The van der Waals surface area contributed by atoms with Crippen LogP contribution >= 0.6 is 0 Å². The minimum absolute atomic E-state index is 0.0295. The van der Waals surface area contributed by atoms with E-state index >= 15 is 0 Å². The van der Waals surface area contributed by atoms with Crippen LogP contribution in [0.2, 0.25) is 0 Å². The van der Waals surface area contributed by atoms with Gasteiger partial charge in [-0.1, -0.05) is 0 Å². The fourth-order valence-electron chi connectivity index (χ4n) is 2.16. The van der Waals surface area contributed by atoms with Crippen LogP contribution in [-0.2, 0) is 20.9 Å². The zero-order valence-electron chi connectivity index (χ0n) is 10.7. The molecule has 0 aliphatic carbocycles. The van der Waals surface area contributed by atoms with Gasteiger partial charge in [-0.15, -0.1) is 0 Å². The molecule has 2 rings (SSSR count). The van der Waals surface area contributed by atoms with Gasteiger partial charge in [0.15, 0.2) is 0 Å². The van der Waals surface area contributed by atoms with Crippen molar-refractivity contribution in [1.82, 2.24) is 4.90 Å². The van der Waals surface area contributed by atoms with Crippen LogP contribution in [0.4, 0.5) is 13.2 Å². The van der Waals surface area contributed by atoms with Crippen LogP contribution in [0.1, 0.15) is 12.0 Å². The monoisotopic (exact) mass is 287 g/mol. The van der Waals surface area contributed by atoms with E-state index in [0.717, 1.165) is 4.90 Å². The van der Waals surface area contributed by atoms with Gasteiger partial charge in [0.1, 0.15) is 17.5 Å². The van der Waals surface area contributed by atoms with E-state index in [1.807, 2.05) is 0 Å². The van der Waals surface area contributed by atoms with E-state index < -0.39 is 40.8 Å². The molecule has 1 aromatic rings. The third-order valence-corrected chi connectivity index (χ3v) is 3.20. The Morgan fingerprint density at radius 1 is 1.35 bits per heavy atom. The van der Waals surface area contributed by atoms with Crippen molar-refractivity contribution in [3.63, 3.8) is 0 Å². The molecule has 0 saturated carbocycles. The van der Waals surface area contributed by atoms with Crippen molar-refractivity contribution < 1.29 is 27.5 Å². The van der Waals surface area contributed by atoms with Gasteiger partial charge >= 0.3 is 5.97 Å². The van der Waals surface area contributed by atoms with Gasteiger partial charge in [-0.05, 0) is 0 Å². The Morgan fingerprint density at radius 3 is 2.50 bits per heavy atom. The van der Waals surface area contributed by atoms with Crippen molar-refractivity contribution in [2.45, 2.75) is 13.0 Å². The molecule has 1 aliphatic heterocycles. The summed E-state index contributed by atoms with van der Waals surface area (Å²) in [6, 6.07) is 1.10. The summed E-state index contributed by atoms with van der Waals surface area (Å²) in [5.41, 5.74) is -0.398. The number of nitrogens with zero attached hydrogens (tertiary/aromatic N) is 1. The molecule has 1 heterocycles. The average molecular weight is 287 g/mol. The Labute approximate surface area is 113 Å². The van der Waals surface area contributed by atoms with E-state index in [-0.39, 0.29) is 19.5 Å². The first-order valence-corrected chi connectivity index (χ1v) is 5.91. The number of rotatable bonds is 3. The summed E-state index contributed by atoms with van der Waals surface area (Å²) < 4.78 is 44.3. The predicted molar refractivity (Wildman–Crippen MR) is 61.9 cm³/mol. The number of hydrogen-bond donors (Lipinski definition) is 0. The van der Waals surface area contributed by atoms with Crippen molar-refractivity contribution in [3.05, 3.63) is 35.1 Å². The number of hydrogen-bond acceptors (Lipinski definition) is 3. The van der Waals surface area contributed by atoms with Crippen molar-refractivity contribution >= 4 is 11.9 Å². The number of methoxy groups -OCH3 is 1. The van der Waals surface area contributed by atoms with Crippen LogP contribution in [0.5, 0.6) is 0 Å². The number of halogens is 3. The third kappa shape index (κ3) is 2.76. The highest BCUT2D eigenvalue weighted by molar-refractivity contribution is 5.86. The fourth-order valence-corrected chi connectivity index (χ4v) is 2.16. The number of ether oxygens (including phenoxy) is 1. The SMILES string of the molecule is COC(=O)C1CC(=O)N(Cc2c(F)cc(F)cc2F)C1. The fraction of sp³-hybridized carbons (Fsp3) is 0.385. The molecule has 1 aliphatic rings. The summed E-state index contributed by atoms with van der Waals surface area (Å²) >= 11 is 0. The number of likely N-dealkylation sites (tertiary alicyclic amines) is 1. The molecule has 1 aromatic carbocycles. The summed E-state index contributed by atoms with van der Waals surface area (Å²) in [5, 5.41) is 0. The van der Waals surface area contributed by atoms with Gasteiger partial charge in [0.2, 0.25) is 5.91 Å². The van der Waals surface area contributed by atoms with Crippen LogP contribution in [0.3, 0.4) is 0 Å². The van der Waals surface area contributed by atoms with E-state index in [1.54, 1.807) is 0 Å². The summed E-state index contributed by atoms with van der Waals surface area (Å²) in [7, 11) is 1.20. The van der Waals surface area contributed by atoms with E-state index in [9.17, 15) is 22.8 Å². The molecule has 1 amide bonds. The molecule has 4 nitrogen and oxygen atoms in total. The van der Waals surface area contributed by atoms with Crippen molar-refractivity contribution in [2.24, 2.45) is 5.92 Å². The van der Waals surface area contributed by atoms with E-state index in [0.29, 0.717) is 12.1 Å². The molecule has 1 saturated heterocycles. The quantitative estimate of drug-likeness (QED) is 0.794. The molecule has 1 unspecified atom stereocenters. The second-order valence-corrected chi connectivity index (χ2v) is 4.55. The Bertz CT molecular complexity index is 539. The second kappa shape index (κ2) is 5.52. The maximum absolute atomic E-state index is 13.5. The summed E-state index contributed by atoms with van der Waals surface area (Å²) in [6.45, 7) is -0.313. The molecule has 0 radical (unpaired) electrons. The van der Waals surface area contributed by atoms with Gasteiger partial charge in [0, 0.05) is 30.7 Å². The molecule has 0 aromatic heterocycles. The van der Waals surface area contributed by atoms with Crippen molar-refractivity contribution in [3.8, 4) is 0 Å². The highest BCUT2D eigenvalue weighted by Crippen LogP contribution is 2.23. The van der Waals surface area contributed by atoms with Crippen LogP contribution in [0.15, 0.2) is 12.1 Å². The molecule has 108 valence electrons. The Balaban J connectivity index is 2.15. The van der Waals surface area contributed by atoms with Gasteiger partial charge in [-0.25, -0.2) is 13.2 Å². The molecule has 0 spiro atoms. The minimum Gasteiger partial charge on any atom is -0.469 e. The Kier molecular flexibility index (Phi) is 3.96. The second-order valence-electron chi connectivity index (χ2n) is 4.55. The summed E-state index contributed by atoms with van der Waals surface area (Å²) in [4.78, 5) is 24.2. The first kappa shape index (κ1) is 14.4. The molecule has 0 N–H and O–H groups in total. The molecular weight excluding hydrogens is 275 g/mol. The van der Waals surface area contributed by atoms with Gasteiger partial charge in [-0.3, -0.25) is 9.59 Å². The van der Waals surface area contributed by atoms with Gasteiger partial charge in [0.05, 0.1) is 19.6 Å². The summed E-state index contributed by atoms with van der Waals surface area (Å²) in [5.74, 6) is -4.72. The zero-order valence-corrected chi connectivity index (χ0v) is 10.7. The van der Waals surface area contributed by atoms with Gasteiger partial charge in [0.25, 0.3) is 0 Å². The van der Waals surface area contributed by atoms with Crippen LogP contribution < -0.4 is 0 Å². The number of amides is 1. The van der Waals surface area contributed by atoms with Crippen molar-refractivity contribution in [2.75, 3.05) is 13.7 Å². The standard InChI is InChI=1S/C13H12F3NO3/c1-20-13(19)7-2-12(18)17(5-7)6-9-10(15)3-8(14)4-11(9)16/h3-4,7H,2,5-6H2,1H3. The Hall–Kier alpha value is -2.05. The highest BCUT2D eigenvalue weighted by Gasteiger charge is 2.35. The highest BCUT2D eigenvalue weighted by atomic mass is 19.1. The lowest BCUT2D eigenvalue weighted by molar-refractivity contribution is -0.145. The molecule has 1 fully saturated rings. The Morgan fingerprint density at radius 2 is 1.95 bits per heavy atom. The lowest BCUT2D eigenvalue weighted by atomic mass is 10.1. The first-order chi connectivity index (χ1) is 9.42. The zero-order chi connectivity index (χ0) is 14.9. The van der Waals surface area contributed by atoms with Crippen LogP contribution in [0.25, 0.3) is 0 Å². The van der Waals surface area contributed by atoms with Gasteiger partial charge < -0.3 is 9.64 Å². The largest absolute Gasteiger partial charge is 0.469 e.